The van der Waals surface area contributed by atoms with E-state index in [4.69, 9.17) is 14.6 Å². The maximum absolute atomic E-state index is 10.7. The summed E-state index contributed by atoms with van der Waals surface area (Å²) in [5, 5.41) is 18.7. The second-order valence-corrected chi connectivity index (χ2v) is 3.55. The molecule has 2 saturated heterocycles. The Morgan fingerprint density at radius 2 is 2.38 bits per heavy atom. The molecular formula is C8H12O5. The topological polar surface area (TPSA) is 76.0 Å². The lowest BCUT2D eigenvalue weighted by Crippen LogP contribution is -2.53. The van der Waals surface area contributed by atoms with Crippen molar-refractivity contribution in [3.63, 3.8) is 0 Å². The van der Waals surface area contributed by atoms with E-state index in [0.29, 0.717) is 12.7 Å². The Bertz CT molecular complexity index is 219. The van der Waals surface area contributed by atoms with E-state index in [2.05, 4.69) is 0 Å². The van der Waals surface area contributed by atoms with E-state index in [1.165, 1.54) is 0 Å². The average molecular weight is 188 g/mol. The zero-order chi connectivity index (χ0) is 9.47. The number of carbonyl (C=O) groups excluding carboxylic acids is 1. The van der Waals surface area contributed by atoms with E-state index in [-0.39, 0.29) is 13.2 Å². The molecule has 2 fully saturated rings. The molecule has 0 unspecified atom stereocenters. The molecular weight excluding hydrogens is 176 g/mol. The van der Waals surface area contributed by atoms with Gasteiger partial charge in [-0.1, -0.05) is 0 Å². The van der Waals surface area contributed by atoms with Crippen LogP contribution in [0.5, 0.6) is 0 Å². The third kappa shape index (κ3) is 1.20. The number of fused-ring (bicyclic) bond motifs is 2. The smallest absolute Gasteiger partial charge is 0.161 e. The predicted molar refractivity (Wildman–Crippen MR) is 40.8 cm³/mol. The van der Waals surface area contributed by atoms with Crippen LogP contribution in [-0.2, 0) is 14.3 Å². The van der Waals surface area contributed by atoms with Gasteiger partial charge < -0.3 is 24.5 Å². The monoisotopic (exact) mass is 188 g/mol. The first-order valence-electron chi connectivity index (χ1n) is 4.25. The lowest BCUT2D eigenvalue weighted by atomic mass is 9.83. The number of rotatable bonds is 2. The first-order chi connectivity index (χ1) is 6.22. The Morgan fingerprint density at radius 1 is 1.62 bits per heavy atom. The molecule has 0 spiro atoms. The van der Waals surface area contributed by atoms with Crippen molar-refractivity contribution in [2.24, 2.45) is 5.92 Å². The first kappa shape index (κ1) is 9.08. The zero-order valence-corrected chi connectivity index (χ0v) is 7.05. The standard InChI is InChI=1S/C8H12O5/c9-2-5-6(11)1-7-12-4-8(5,3-10)13-7/h2,5-7,10-11H,1,3-4H2/t5-,6-,7+,8+/m1/s1. The summed E-state index contributed by atoms with van der Waals surface area (Å²) < 4.78 is 10.5. The van der Waals surface area contributed by atoms with Crippen molar-refractivity contribution < 1.29 is 24.5 Å². The fraction of sp³-hybridized carbons (Fsp3) is 0.875. The molecule has 0 aromatic heterocycles. The molecule has 2 aliphatic rings. The number of aliphatic hydroxyl groups is 2. The predicted octanol–water partition coefficient (Wildman–Crippen LogP) is -1.33. The van der Waals surface area contributed by atoms with Crippen molar-refractivity contribution in [3.8, 4) is 0 Å². The van der Waals surface area contributed by atoms with Gasteiger partial charge in [-0.25, -0.2) is 0 Å². The minimum Gasteiger partial charge on any atom is -0.393 e. The van der Waals surface area contributed by atoms with Crippen molar-refractivity contribution in [3.05, 3.63) is 0 Å². The summed E-state index contributed by atoms with van der Waals surface area (Å²) in [6.45, 7) is -0.126. The Hall–Kier alpha value is -0.490. The number of carbonyl (C=O) groups is 1. The van der Waals surface area contributed by atoms with Crippen molar-refractivity contribution in [2.75, 3.05) is 13.2 Å². The Morgan fingerprint density at radius 3 is 3.00 bits per heavy atom. The van der Waals surface area contributed by atoms with Crippen LogP contribution in [-0.4, -0.2) is 47.7 Å². The minimum atomic E-state index is -1.01. The van der Waals surface area contributed by atoms with Gasteiger partial charge in [0.05, 0.1) is 25.2 Å². The molecule has 0 aromatic rings. The summed E-state index contributed by atoms with van der Waals surface area (Å²) in [5.74, 6) is -0.684. The van der Waals surface area contributed by atoms with Gasteiger partial charge in [0.1, 0.15) is 11.9 Å². The fourth-order valence-corrected chi connectivity index (χ4v) is 1.95. The Labute approximate surface area is 75.3 Å². The van der Waals surface area contributed by atoms with Gasteiger partial charge in [0.15, 0.2) is 6.29 Å². The summed E-state index contributed by atoms with van der Waals surface area (Å²) in [5.41, 5.74) is -1.01. The second-order valence-electron chi connectivity index (χ2n) is 3.55. The quantitative estimate of drug-likeness (QED) is 0.525. The molecule has 4 atom stereocenters. The average Bonchev–Trinajstić information content (AvgIpc) is 2.46. The van der Waals surface area contributed by atoms with Crippen molar-refractivity contribution in [2.45, 2.75) is 24.4 Å². The molecule has 0 aromatic carbocycles. The zero-order valence-electron chi connectivity index (χ0n) is 7.05. The maximum atomic E-state index is 10.7. The van der Waals surface area contributed by atoms with E-state index in [0.717, 1.165) is 0 Å². The van der Waals surface area contributed by atoms with Crippen LogP contribution >= 0.6 is 0 Å². The summed E-state index contributed by atoms with van der Waals surface area (Å²) >= 11 is 0. The summed E-state index contributed by atoms with van der Waals surface area (Å²) in [4.78, 5) is 10.7. The number of hydrogen-bond donors (Lipinski definition) is 2. The van der Waals surface area contributed by atoms with Gasteiger partial charge in [-0.15, -0.1) is 0 Å². The van der Waals surface area contributed by atoms with Gasteiger partial charge in [0, 0.05) is 6.42 Å². The molecule has 0 radical (unpaired) electrons. The molecule has 0 amide bonds. The van der Waals surface area contributed by atoms with Crippen LogP contribution in [0.3, 0.4) is 0 Å². The van der Waals surface area contributed by atoms with Crippen LogP contribution in [0.25, 0.3) is 0 Å². The van der Waals surface area contributed by atoms with Crippen molar-refractivity contribution in [1.29, 1.82) is 0 Å². The van der Waals surface area contributed by atoms with Crippen LogP contribution in [0.2, 0.25) is 0 Å². The highest BCUT2D eigenvalue weighted by Gasteiger charge is 2.54. The van der Waals surface area contributed by atoms with Crippen molar-refractivity contribution in [1.82, 2.24) is 0 Å². The Balaban J connectivity index is 2.26. The number of hydrogen-bond acceptors (Lipinski definition) is 5. The van der Waals surface area contributed by atoms with E-state index in [9.17, 15) is 9.90 Å². The summed E-state index contributed by atoms with van der Waals surface area (Å²) in [6, 6.07) is 0. The SMILES string of the molecule is O=C[C@@H]1[C@H](O)C[C@H]2OC[C@]1(CO)O2. The number of aldehydes is 1. The van der Waals surface area contributed by atoms with Crippen LogP contribution in [0, 0.1) is 5.92 Å². The molecule has 5 heteroatoms. The molecule has 0 saturated carbocycles. The highest BCUT2D eigenvalue weighted by atomic mass is 16.7. The minimum absolute atomic E-state index is 0.175. The molecule has 13 heavy (non-hydrogen) atoms. The molecule has 2 rings (SSSR count). The first-order valence-corrected chi connectivity index (χ1v) is 4.25. The summed E-state index contributed by atoms with van der Waals surface area (Å²) in [7, 11) is 0. The van der Waals surface area contributed by atoms with Crippen LogP contribution in [0.4, 0.5) is 0 Å². The third-order valence-corrected chi connectivity index (χ3v) is 2.75. The molecule has 5 nitrogen and oxygen atoms in total. The lowest BCUT2D eigenvalue weighted by molar-refractivity contribution is -0.192. The van der Waals surface area contributed by atoms with E-state index in [1.807, 2.05) is 0 Å². The maximum Gasteiger partial charge on any atom is 0.161 e. The number of aliphatic hydroxyl groups excluding tert-OH is 2. The molecule has 2 bridgehead atoms. The number of ether oxygens (including phenoxy) is 2. The lowest BCUT2D eigenvalue weighted by Gasteiger charge is -2.37. The van der Waals surface area contributed by atoms with Crippen LogP contribution < -0.4 is 0 Å². The van der Waals surface area contributed by atoms with Crippen LogP contribution in [0.15, 0.2) is 0 Å². The molecule has 74 valence electrons. The van der Waals surface area contributed by atoms with Gasteiger partial charge in [0.2, 0.25) is 0 Å². The molecule has 0 aliphatic carbocycles. The molecule has 2 N–H and O–H groups in total. The van der Waals surface area contributed by atoms with Gasteiger partial charge in [0.25, 0.3) is 0 Å². The van der Waals surface area contributed by atoms with Gasteiger partial charge >= 0.3 is 0 Å². The largest absolute Gasteiger partial charge is 0.393 e. The Kier molecular flexibility index (Phi) is 2.11. The molecule has 2 heterocycles. The van der Waals surface area contributed by atoms with Crippen LogP contribution in [0.1, 0.15) is 6.42 Å². The van der Waals surface area contributed by atoms with Crippen molar-refractivity contribution >= 4 is 6.29 Å². The molecule has 2 aliphatic heterocycles. The van der Waals surface area contributed by atoms with E-state index >= 15 is 0 Å². The van der Waals surface area contributed by atoms with E-state index in [1.54, 1.807) is 0 Å². The van der Waals surface area contributed by atoms with E-state index < -0.39 is 23.9 Å². The second kappa shape index (κ2) is 3.02. The van der Waals surface area contributed by atoms with Gasteiger partial charge in [-0.3, -0.25) is 0 Å². The van der Waals surface area contributed by atoms with Gasteiger partial charge in [-0.2, -0.15) is 0 Å². The fourth-order valence-electron chi connectivity index (χ4n) is 1.95. The highest BCUT2D eigenvalue weighted by molar-refractivity contribution is 5.57. The summed E-state index contributed by atoms with van der Waals surface area (Å²) in [6.07, 6.45) is -0.319. The van der Waals surface area contributed by atoms with Gasteiger partial charge in [-0.05, 0) is 0 Å². The highest BCUT2D eigenvalue weighted by Crippen LogP contribution is 2.39. The third-order valence-electron chi connectivity index (χ3n) is 2.75. The normalized spacial score (nSPS) is 49.2.